The number of piperidine rings is 1. The Morgan fingerprint density at radius 1 is 1.46 bits per heavy atom. The lowest BCUT2D eigenvalue weighted by Gasteiger charge is -2.32. The van der Waals surface area contributed by atoms with E-state index in [1.807, 2.05) is 22.7 Å². The largest absolute Gasteiger partial charge is 0.341 e. The number of imidazole rings is 1. The van der Waals surface area contributed by atoms with Gasteiger partial charge >= 0.3 is 0 Å². The van der Waals surface area contributed by atoms with Gasteiger partial charge in [-0.1, -0.05) is 11.8 Å². The molecular weight excluding hydrogens is 368 g/mol. The predicted molar refractivity (Wildman–Crippen MR) is 105 cm³/mol. The van der Waals surface area contributed by atoms with Crippen LogP contribution in [0.4, 0.5) is 0 Å². The maximum Gasteiger partial charge on any atom is 0.233 e. The van der Waals surface area contributed by atoms with Crippen molar-refractivity contribution >= 4 is 29.9 Å². The molecule has 1 atom stereocenters. The second kappa shape index (κ2) is 7.56. The first kappa shape index (κ1) is 19.2. The molecule has 0 aliphatic carbocycles. The summed E-state index contributed by atoms with van der Waals surface area (Å²) in [4.78, 5) is 19.1. The van der Waals surface area contributed by atoms with Crippen molar-refractivity contribution in [3.8, 4) is 0 Å². The Morgan fingerprint density at radius 3 is 2.88 bits per heavy atom. The lowest BCUT2D eigenvalue weighted by Crippen LogP contribution is -2.40. The van der Waals surface area contributed by atoms with Crippen LogP contribution in [0, 0.1) is 4.77 Å². The van der Waals surface area contributed by atoms with E-state index in [0.29, 0.717) is 17.1 Å². The SMILES string of the molecule is Cn1c(C2CCCN(C(=O)CSc3nccn3C(C)(C)C)C2)n[nH]c1=S. The van der Waals surface area contributed by atoms with E-state index in [1.165, 1.54) is 11.8 Å². The van der Waals surface area contributed by atoms with Crippen LogP contribution in [0.25, 0.3) is 0 Å². The van der Waals surface area contributed by atoms with E-state index in [0.717, 1.165) is 30.4 Å². The Labute approximate surface area is 163 Å². The lowest BCUT2D eigenvalue weighted by atomic mass is 9.97. The molecule has 2 aromatic rings. The van der Waals surface area contributed by atoms with Crippen LogP contribution in [0.3, 0.4) is 0 Å². The number of hydrogen-bond donors (Lipinski definition) is 1. The maximum absolute atomic E-state index is 12.7. The highest BCUT2D eigenvalue weighted by Crippen LogP contribution is 2.27. The molecule has 9 heteroatoms. The number of carbonyl (C=O) groups is 1. The zero-order valence-corrected chi connectivity index (χ0v) is 17.4. The molecule has 7 nitrogen and oxygen atoms in total. The Balaban J connectivity index is 1.62. The number of H-pyrrole nitrogens is 1. The van der Waals surface area contributed by atoms with Crippen LogP contribution >= 0.6 is 24.0 Å². The molecule has 0 spiro atoms. The summed E-state index contributed by atoms with van der Waals surface area (Å²) in [6.45, 7) is 7.90. The van der Waals surface area contributed by atoms with Crippen molar-refractivity contribution in [1.29, 1.82) is 0 Å². The molecule has 1 aliphatic rings. The molecule has 1 unspecified atom stereocenters. The van der Waals surface area contributed by atoms with Gasteiger partial charge in [0.05, 0.1) is 5.75 Å². The first-order valence-corrected chi connectivity index (χ1v) is 10.2. The average Bonchev–Trinajstić information content (AvgIpc) is 3.20. The summed E-state index contributed by atoms with van der Waals surface area (Å²) < 4.78 is 4.63. The first-order chi connectivity index (χ1) is 12.3. The van der Waals surface area contributed by atoms with Crippen molar-refractivity contribution in [1.82, 2.24) is 29.2 Å². The summed E-state index contributed by atoms with van der Waals surface area (Å²) in [6.07, 6.45) is 5.77. The van der Waals surface area contributed by atoms with Gasteiger partial charge in [0.2, 0.25) is 5.91 Å². The minimum atomic E-state index is -0.0469. The molecule has 0 bridgehead atoms. The van der Waals surface area contributed by atoms with Crippen LogP contribution in [0.15, 0.2) is 17.6 Å². The molecule has 3 heterocycles. The molecule has 26 heavy (non-hydrogen) atoms. The summed E-state index contributed by atoms with van der Waals surface area (Å²) in [5.41, 5.74) is -0.0469. The average molecular weight is 395 g/mol. The predicted octanol–water partition coefficient (Wildman–Crippen LogP) is 2.93. The van der Waals surface area contributed by atoms with Crippen molar-refractivity contribution < 1.29 is 4.79 Å². The minimum Gasteiger partial charge on any atom is -0.341 e. The van der Waals surface area contributed by atoms with Crippen molar-refractivity contribution in [2.75, 3.05) is 18.8 Å². The quantitative estimate of drug-likeness (QED) is 0.638. The number of carbonyl (C=O) groups excluding carboxylic acids is 1. The highest BCUT2D eigenvalue weighted by molar-refractivity contribution is 7.99. The zero-order valence-electron chi connectivity index (χ0n) is 15.7. The smallest absolute Gasteiger partial charge is 0.233 e. The number of nitrogens with zero attached hydrogens (tertiary/aromatic N) is 5. The molecule has 0 saturated carbocycles. The van der Waals surface area contributed by atoms with Gasteiger partial charge in [-0.05, 0) is 45.8 Å². The number of amides is 1. The van der Waals surface area contributed by atoms with Gasteiger partial charge in [0, 0.05) is 44.0 Å². The Morgan fingerprint density at radius 2 is 2.23 bits per heavy atom. The van der Waals surface area contributed by atoms with Gasteiger partial charge in [-0.3, -0.25) is 9.89 Å². The van der Waals surface area contributed by atoms with Gasteiger partial charge in [-0.15, -0.1) is 0 Å². The Bertz CT molecular complexity index is 831. The van der Waals surface area contributed by atoms with Crippen molar-refractivity contribution in [2.24, 2.45) is 7.05 Å². The van der Waals surface area contributed by atoms with Crippen LogP contribution in [-0.4, -0.2) is 54.0 Å². The van der Waals surface area contributed by atoms with Crippen molar-refractivity contribution in [3.05, 3.63) is 23.0 Å². The van der Waals surface area contributed by atoms with E-state index in [-0.39, 0.29) is 17.4 Å². The van der Waals surface area contributed by atoms with E-state index >= 15 is 0 Å². The third kappa shape index (κ3) is 4.03. The molecule has 2 aromatic heterocycles. The van der Waals surface area contributed by atoms with Crippen LogP contribution < -0.4 is 0 Å². The standard InChI is InChI=1S/C17H26N6OS2/c1-17(2,3)23-9-7-18-16(23)26-11-13(24)22-8-5-6-12(10-22)14-19-20-15(25)21(14)4/h7,9,12H,5-6,8,10-11H2,1-4H3,(H,20,25). The number of hydrogen-bond acceptors (Lipinski definition) is 5. The fourth-order valence-electron chi connectivity index (χ4n) is 3.26. The molecule has 142 valence electrons. The molecule has 1 saturated heterocycles. The highest BCUT2D eigenvalue weighted by Gasteiger charge is 2.28. The van der Waals surface area contributed by atoms with E-state index in [2.05, 4.69) is 40.5 Å². The van der Waals surface area contributed by atoms with Crippen molar-refractivity contribution in [2.45, 2.75) is 50.2 Å². The molecule has 1 amide bonds. The van der Waals surface area contributed by atoms with E-state index in [9.17, 15) is 4.79 Å². The van der Waals surface area contributed by atoms with Crippen LogP contribution in [0.5, 0.6) is 0 Å². The number of aromatic amines is 1. The third-order valence-electron chi connectivity index (χ3n) is 4.71. The molecule has 1 N–H and O–H groups in total. The number of rotatable bonds is 4. The number of thioether (sulfide) groups is 1. The van der Waals surface area contributed by atoms with E-state index in [4.69, 9.17) is 12.2 Å². The fourth-order valence-corrected chi connectivity index (χ4v) is 4.45. The van der Waals surface area contributed by atoms with E-state index in [1.54, 1.807) is 6.20 Å². The molecule has 1 aliphatic heterocycles. The summed E-state index contributed by atoms with van der Waals surface area (Å²) >= 11 is 6.71. The lowest BCUT2D eigenvalue weighted by molar-refractivity contribution is -0.129. The molecule has 3 rings (SSSR count). The maximum atomic E-state index is 12.7. The third-order valence-corrected chi connectivity index (χ3v) is 6.02. The molecule has 0 aromatic carbocycles. The van der Waals surface area contributed by atoms with E-state index < -0.39 is 0 Å². The summed E-state index contributed by atoms with van der Waals surface area (Å²) in [5, 5.41) is 8.07. The Hall–Kier alpha value is -1.61. The second-order valence-electron chi connectivity index (χ2n) is 7.66. The number of likely N-dealkylation sites (tertiary alicyclic amines) is 1. The monoisotopic (exact) mass is 394 g/mol. The summed E-state index contributed by atoms with van der Waals surface area (Å²) in [6, 6.07) is 0. The minimum absolute atomic E-state index is 0.0469. The van der Waals surface area contributed by atoms with Gasteiger partial charge in [-0.2, -0.15) is 5.10 Å². The molecular formula is C17H26N6OS2. The Kier molecular flexibility index (Phi) is 5.57. The van der Waals surface area contributed by atoms with Gasteiger partial charge in [0.1, 0.15) is 5.82 Å². The normalized spacial score (nSPS) is 18.3. The summed E-state index contributed by atoms with van der Waals surface area (Å²) in [5.74, 6) is 1.72. The highest BCUT2D eigenvalue weighted by atomic mass is 32.2. The topological polar surface area (TPSA) is 71.7 Å². The molecule has 0 radical (unpaired) electrons. The summed E-state index contributed by atoms with van der Waals surface area (Å²) in [7, 11) is 1.92. The number of aromatic nitrogens is 5. The van der Waals surface area contributed by atoms with Gasteiger partial charge in [0.15, 0.2) is 9.93 Å². The fraction of sp³-hybridized carbons (Fsp3) is 0.647. The first-order valence-electron chi connectivity index (χ1n) is 8.83. The van der Waals surface area contributed by atoms with Gasteiger partial charge in [-0.25, -0.2) is 4.98 Å². The van der Waals surface area contributed by atoms with Crippen LogP contribution in [0.2, 0.25) is 0 Å². The molecule has 1 fully saturated rings. The van der Waals surface area contributed by atoms with Crippen molar-refractivity contribution in [3.63, 3.8) is 0 Å². The second-order valence-corrected chi connectivity index (χ2v) is 8.99. The number of nitrogens with one attached hydrogen (secondary N) is 1. The zero-order chi connectivity index (χ0) is 18.9. The van der Waals surface area contributed by atoms with Gasteiger partial charge < -0.3 is 14.0 Å². The van der Waals surface area contributed by atoms with Gasteiger partial charge in [0.25, 0.3) is 0 Å². The van der Waals surface area contributed by atoms with Crippen LogP contribution in [-0.2, 0) is 17.4 Å². The van der Waals surface area contributed by atoms with Crippen LogP contribution in [0.1, 0.15) is 45.4 Å².